The summed E-state index contributed by atoms with van der Waals surface area (Å²) >= 11 is 0. The van der Waals surface area contributed by atoms with Crippen LogP contribution in [0.15, 0.2) is 0 Å². The van der Waals surface area contributed by atoms with E-state index >= 15 is 0 Å². The predicted octanol–water partition coefficient (Wildman–Crippen LogP) is 0.707. The van der Waals surface area contributed by atoms with Crippen LogP contribution in [0.3, 0.4) is 0 Å². The molecular formula is C10H18N2. The van der Waals surface area contributed by atoms with Gasteiger partial charge in [-0.2, -0.15) is 0 Å². The van der Waals surface area contributed by atoms with Crippen LogP contribution in [0.5, 0.6) is 0 Å². The number of nitrogens with two attached hydrogens (primary N) is 2. The molecule has 4 N–H and O–H groups in total. The molecule has 68 valence electrons. The zero-order chi connectivity index (χ0) is 8.29. The summed E-state index contributed by atoms with van der Waals surface area (Å²) < 4.78 is 0. The van der Waals surface area contributed by atoms with E-state index in [1.165, 1.54) is 25.7 Å². The van der Waals surface area contributed by atoms with Gasteiger partial charge in [-0.15, -0.1) is 0 Å². The van der Waals surface area contributed by atoms with Crippen LogP contribution >= 0.6 is 0 Å². The van der Waals surface area contributed by atoms with E-state index < -0.39 is 0 Å². The minimum atomic E-state index is 0.496. The largest absolute Gasteiger partial charge is 0.328 e. The number of hydrogen-bond donors (Lipinski definition) is 2. The summed E-state index contributed by atoms with van der Waals surface area (Å²) in [5.74, 6) is 3.66. The van der Waals surface area contributed by atoms with Gasteiger partial charge in [-0.25, -0.2) is 0 Å². The summed E-state index contributed by atoms with van der Waals surface area (Å²) in [6.45, 7) is 0. The average Bonchev–Trinajstić information content (AvgIpc) is 2.57. The maximum absolute atomic E-state index is 6.08. The van der Waals surface area contributed by atoms with E-state index in [0.29, 0.717) is 12.1 Å². The molecule has 0 amide bonds. The second-order valence-corrected chi connectivity index (χ2v) is 5.12. The van der Waals surface area contributed by atoms with Crippen molar-refractivity contribution >= 4 is 0 Å². The first-order chi connectivity index (χ1) is 5.75. The van der Waals surface area contributed by atoms with Crippen molar-refractivity contribution in [3.05, 3.63) is 0 Å². The van der Waals surface area contributed by atoms with Gasteiger partial charge in [0, 0.05) is 12.1 Å². The molecule has 6 unspecified atom stereocenters. The fourth-order valence-electron chi connectivity index (χ4n) is 4.17. The molecule has 0 aromatic heterocycles. The van der Waals surface area contributed by atoms with Gasteiger partial charge in [-0.05, 0) is 49.4 Å². The molecule has 0 radical (unpaired) electrons. The summed E-state index contributed by atoms with van der Waals surface area (Å²) in [4.78, 5) is 0. The van der Waals surface area contributed by atoms with Gasteiger partial charge in [0.05, 0.1) is 0 Å². The smallest absolute Gasteiger partial charge is 0.00727 e. The first-order valence-electron chi connectivity index (χ1n) is 5.27. The van der Waals surface area contributed by atoms with Crippen LogP contribution in [0.4, 0.5) is 0 Å². The molecule has 3 fully saturated rings. The Bertz CT molecular complexity index is 200. The molecule has 0 heterocycles. The normalized spacial score (nSPS) is 62.5. The second kappa shape index (κ2) is 2.24. The Morgan fingerprint density at radius 3 is 2.33 bits per heavy atom. The Balaban J connectivity index is 1.86. The quantitative estimate of drug-likeness (QED) is 0.557. The monoisotopic (exact) mass is 166 g/mol. The van der Waals surface area contributed by atoms with Crippen LogP contribution in [0, 0.1) is 23.7 Å². The molecule has 0 aromatic carbocycles. The van der Waals surface area contributed by atoms with Gasteiger partial charge in [0.1, 0.15) is 0 Å². The predicted molar refractivity (Wildman–Crippen MR) is 48.4 cm³/mol. The highest BCUT2D eigenvalue weighted by Crippen LogP contribution is 2.57. The van der Waals surface area contributed by atoms with Gasteiger partial charge >= 0.3 is 0 Å². The van der Waals surface area contributed by atoms with Crippen molar-refractivity contribution in [2.75, 3.05) is 0 Å². The van der Waals surface area contributed by atoms with Gasteiger partial charge in [0.15, 0.2) is 0 Å². The van der Waals surface area contributed by atoms with E-state index in [1.807, 2.05) is 0 Å². The Hall–Kier alpha value is -0.0800. The molecule has 0 saturated heterocycles. The lowest BCUT2D eigenvalue weighted by atomic mass is 9.79. The van der Waals surface area contributed by atoms with Crippen molar-refractivity contribution in [2.45, 2.75) is 37.8 Å². The summed E-state index contributed by atoms with van der Waals surface area (Å²) in [5, 5.41) is 0. The molecule has 0 aromatic rings. The van der Waals surface area contributed by atoms with Gasteiger partial charge < -0.3 is 11.5 Å². The molecular weight excluding hydrogens is 148 g/mol. The minimum absolute atomic E-state index is 0.496. The first-order valence-corrected chi connectivity index (χ1v) is 5.27. The molecule has 2 nitrogen and oxygen atoms in total. The Morgan fingerprint density at radius 2 is 1.50 bits per heavy atom. The van der Waals surface area contributed by atoms with Gasteiger partial charge in [-0.3, -0.25) is 0 Å². The standard InChI is InChI=1S/C10H18N2/c11-6-3-7-5-1-9(8(7)4-6)10(12)2-5/h5-10H,1-4,11-12H2. The lowest BCUT2D eigenvalue weighted by molar-refractivity contribution is 0.234. The van der Waals surface area contributed by atoms with E-state index in [2.05, 4.69) is 0 Å². The van der Waals surface area contributed by atoms with E-state index in [1.54, 1.807) is 0 Å². The summed E-state index contributed by atoms with van der Waals surface area (Å²) in [7, 11) is 0. The van der Waals surface area contributed by atoms with Gasteiger partial charge in [-0.1, -0.05) is 0 Å². The molecule has 3 aliphatic carbocycles. The van der Waals surface area contributed by atoms with E-state index in [4.69, 9.17) is 11.5 Å². The zero-order valence-corrected chi connectivity index (χ0v) is 7.45. The highest BCUT2D eigenvalue weighted by Gasteiger charge is 2.54. The molecule has 0 aliphatic heterocycles. The number of rotatable bonds is 0. The molecule has 12 heavy (non-hydrogen) atoms. The average molecular weight is 166 g/mol. The summed E-state index contributed by atoms with van der Waals surface area (Å²) in [5.41, 5.74) is 12.1. The third-order valence-electron chi connectivity index (χ3n) is 4.55. The fraction of sp³-hybridized carbons (Fsp3) is 1.00. The van der Waals surface area contributed by atoms with E-state index in [0.717, 1.165) is 23.7 Å². The highest BCUT2D eigenvalue weighted by atomic mass is 14.8. The van der Waals surface area contributed by atoms with Crippen LogP contribution in [-0.4, -0.2) is 12.1 Å². The van der Waals surface area contributed by atoms with Crippen LogP contribution in [-0.2, 0) is 0 Å². The fourth-order valence-corrected chi connectivity index (χ4v) is 4.17. The lowest BCUT2D eigenvalue weighted by Crippen LogP contribution is -2.34. The van der Waals surface area contributed by atoms with Crippen molar-refractivity contribution < 1.29 is 0 Å². The van der Waals surface area contributed by atoms with Crippen molar-refractivity contribution in [1.29, 1.82) is 0 Å². The molecule has 6 atom stereocenters. The maximum atomic E-state index is 6.08. The minimum Gasteiger partial charge on any atom is -0.328 e. The van der Waals surface area contributed by atoms with E-state index in [-0.39, 0.29) is 0 Å². The molecule has 2 bridgehead atoms. The van der Waals surface area contributed by atoms with E-state index in [9.17, 15) is 0 Å². The molecule has 3 rings (SSSR count). The van der Waals surface area contributed by atoms with Crippen LogP contribution in [0.2, 0.25) is 0 Å². The number of fused-ring (bicyclic) bond motifs is 5. The maximum Gasteiger partial charge on any atom is 0.00727 e. The lowest BCUT2D eigenvalue weighted by Gasteiger charge is -2.28. The Morgan fingerprint density at radius 1 is 0.750 bits per heavy atom. The zero-order valence-electron chi connectivity index (χ0n) is 7.45. The van der Waals surface area contributed by atoms with Crippen LogP contribution in [0.25, 0.3) is 0 Å². The third-order valence-corrected chi connectivity index (χ3v) is 4.55. The number of hydrogen-bond acceptors (Lipinski definition) is 2. The SMILES string of the molecule is NC1CC2C3CC(N)C(C3)C2C1. The molecule has 3 aliphatic rings. The van der Waals surface area contributed by atoms with Crippen LogP contribution in [0.1, 0.15) is 25.7 Å². The highest BCUT2D eigenvalue weighted by molar-refractivity contribution is 5.06. The summed E-state index contributed by atoms with van der Waals surface area (Å²) in [6, 6.07) is 1.01. The van der Waals surface area contributed by atoms with Crippen molar-refractivity contribution in [3.63, 3.8) is 0 Å². The van der Waals surface area contributed by atoms with Gasteiger partial charge in [0.2, 0.25) is 0 Å². The molecule has 2 heteroatoms. The molecule has 0 spiro atoms. The topological polar surface area (TPSA) is 52.0 Å². The van der Waals surface area contributed by atoms with Gasteiger partial charge in [0.25, 0.3) is 0 Å². The van der Waals surface area contributed by atoms with Crippen molar-refractivity contribution in [2.24, 2.45) is 35.1 Å². The molecule has 3 saturated carbocycles. The summed E-state index contributed by atoms with van der Waals surface area (Å²) in [6.07, 6.45) is 5.26. The Kier molecular flexibility index (Phi) is 1.37. The first kappa shape index (κ1) is 7.34. The van der Waals surface area contributed by atoms with Crippen LogP contribution < -0.4 is 11.5 Å². The van der Waals surface area contributed by atoms with Crippen molar-refractivity contribution in [3.8, 4) is 0 Å². The second-order valence-electron chi connectivity index (χ2n) is 5.12. The third kappa shape index (κ3) is 0.775. The van der Waals surface area contributed by atoms with Crippen molar-refractivity contribution in [1.82, 2.24) is 0 Å². The Labute approximate surface area is 73.7 Å².